The van der Waals surface area contributed by atoms with E-state index in [4.69, 9.17) is 23.7 Å². The average Bonchev–Trinajstić information content (AvgIpc) is 3.05. The minimum atomic E-state index is -1.49. The smallest absolute Gasteiger partial charge is 0.348 e. The Hall–Kier alpha value is -5.37. The van der Waals surface area contributed by atoms with Crippen LogP contribution in [0.3, 0.4) is 0 Å². The molecule has 0 amide bonds. The van der Waals surface area contributed by atoms with E-state index in [0.29, 0.717) is 23.7 Å². The van der Waals surface area contributed by atoms with Gasteiger partial charge in [0.2, 0.25) is 6.10 Å². The van der Waals surface area contributed by atoms with Crippen molar-refractivity contribution in [2.45, 2.75) is 32.3 Å². The van der Waals surface area contributed by atoms with Gasteiger partial charge in [-0.25, -0.2) is 9.59 Å². The Morgan fingerprint density at radius 1 is 0.674 bits per heavy atom. The first-order valence-corrected chi connectivity index (χ1v) is 13.6. The van der Waals surface area contributed by atoms with Crippen molar-refractivity contribution in [1.29, 1.82) is 0 Å². The molecule has 4 rings (SSSR count). The maximum absolute atomic E-state index is 12.9. The summed E-state index contributed by atoms with van der Waals surface area (Å²) >= 11 is 0. The fourth-order valence-electron chi connectivity index (χ4n) is 3.93. The van der Waals surface area contributed by atoms with Gasteiger partial charge in [0.15, 0.2) is 11.5 Å². The normalized spacial score (nSPS) is 11.4. The number of hydrogen-bond acceptors (Lipinski definition) is 8. The number of esters is 3. The van der Waals surface area contributed by atoms with Crippen LogP contribution in [0.4, 0.5) is 0 Å². The topological polar surface area (TPSA) is 97.4 Å². The van der Waals surface area contributed by atoms with Gasteiger partial charge < -0.3 is 23.7 Å². The van der Waals surface area contributed by atoms with Gasteiger partial charge in [-0.1, -0.05) is 97.1 Å². The lowest BCUT2D eigenvalue weighted by molar-refractivity contribution is -0.170. The van der Waals surface area contributed by atoms with Crippen molar-refractivity contribution in [2.75, 3.05) is 7.11 Å². The lowest BCUT2D eigenvalue weighted by Gasteiger charge is -2.16. The van der Waals surface area contributed by atoms with Crippen molar-refractivity contribution in [1.82, 2.24) is 0 Å². The Bertz CT molecular complexity index is 1500. The summed E-state index contributed by atoms with van der Waals surface area (Å²) in [4.78, 5) is 38.1. The van der Waals surface area contributed by atoms with E-state index in [1.54, 1.807) is 42.5 Å². The highest BCUT2D eigenvalue weighted by atomic mass is 16.6. The molecule has 0 aromatic heterocycles. The predicted octanol–water partition coefficient (Wildman–Crippen LogP) is 6.08. The van der Waals surface area contributed by atoms with Gasteiger partial charge in [-0.05, 0) is 40.5 Å². The average molecular weight is 581 g/mol. The van der Waals surface area contributed by atoms with Gasteiger partial charge >= 0.3 is 17.9 Å². The summed E-state index contributed by atoms with van der Waals surface area (Å²) in [6.07, 6.45) is 0.673. The van der Waals surface area contributed by atoms with Crippen molar-refractivity contribution in [3.63, 3.8) is 0 Å². The van der Waals surface area contributed by atoms with Gasteiger partial charge in [-0.3, -0.25) is 4.79 Å². The molecule has 0 aliphatic heterocycles. The van der Waals surface area contributed by atoms with E-state index in [0.717, 1.165) is 22.8 Å². The van der Waals surface area contributed by atoms with Gasteiger partial charge in [-0.2, -0.15) is 0 Å². The number of methoxy groups -OCH3 is 1. The molecule has 0 aliphatic carbocycles. The lowest BCUT2D eigenvalue weighted by atomic mass is 10.2. The zero-order valence-electron chi connectivity index (χ0n) is 23.7. The molecular formula is C35H32O8. The van der Waals surface area contributed by atoms with Crippen LogP contribution in [0.5, 0.6) is 11.5 Å². The molecule has 0 spiro atoms. The predicted molar refractivity (Wildman–Crippen MR) is 160 cm³/mol. The molecule has 43 heavy (non-hydrogen) atoms. The van der Waals surface area contributed by atoms with Crippen LogP contribution in [-0.4, -0.2) is 31.1 Å². The van der Waals surface area contributed by atoms with E-state index in [1.165, 1.54) is 13.2 Å². The van der Waals surface area contributed by atoms with E-state index >= 15 is 0 Å². The standard InChI is InChI=1S/C35H32O8/c1-39-31-21-26(17-19-30(31)40-23-27-11-5-2-6-12-27)18-20-33(36)43-32(35(38)42-25-29-15-9-4-10-16-29)22-34(37)41-24-28-13-7-3-8-14-28/h2-21,32H,22-25H2,1H3/b20-18+/t32-/m0/s1. The second-order valence-electron chi connectivity index (χ2n) is 9.39. The molecule has 0 N–H and O–H groups in total. The zero-order valence-corrected chi connectivity index (χ0v) is 23.7. The molecule has 0 saturated carbocycles. The number of benzene rings is 4. The van der Waals surface area contributed by atoms with Gasteiger partial charge in [0.1, 0.15) is 19.8 Å². The Balaban J connectivity index is 1.38. The van der Waals surface area contributed by atoms with E-state index in [9.17, 15) is 14.4 Å². The summed E-state index contributed by atoms with van der Waals surface area (Å²) in [7, 11) is 1.52. The second-order valence-corrected chi connectivity index (χ2v) is 9.39. The summed E-state index contributed by atoms with van der Waals surface area (Å²) in [6, 6.07) is 33.1. The minimum Gasteiger partial charge on any atom is -0.493 e. The van der Waals surface area contributed by atoms with Crippen molar-refractivity contribution in [3.05, 3.63) is 138 Å². The molecule has 0 fully saturated rings. The number of carbonyl (C=O) groups excluding carboxylic acids is 3. The first-order valence-electron chi connectivity index (χ1n) is 13.6. The van der Waals surface area contributed by atoms with Gasteiger partial charge in [-0.15, -0.1) is 0 Å². The molecule has 0 unspecified atom stereocenters. The molecule has 8 heteroatoms. The maximum Gasteiger partial charge on any atom is 0.348 e. The molecule has 0 heterocycles. The number of rotatable bonds is 14. The molecule has 4 aromatic rings. The molecule has 0 saturated heterocycles. The van der Waals surface area contributed by atoms with Crippen molar-refractivity contribution < 1.29 is 38.1 Å². The molecule has 0 radical (unpaired) electrons. The van der Waals surface area contributed by atoms with Crippen LogP contribution in [0, 0.1) is 0 Å². The first-order chi connectivity index (χ1) is 21.0. The highest BCUT2D eigenvalue weighted by Crippen LogP contribution is 2.29. The van der Waals surface area contributed by atoms with Gasteiger partial charge in [0, 0.05) is 6.08 Å². The fraction of sp³-hybridized carbons (Fsp3) is 0.171. The Morgan fingerprint density at radius 3 is 1.81 bits per heavy atom. The lowest BCUT2D eigenvalue weighted by Crippen LogP contribution is -2.31. The number of ether oxygens (including phenoxy) is 5. The van der Waals surface area contributed by atoms with Crippen molar-refractivity contribution in [3.8, 4) is 11.5 Å². The largest absolute Gasteiger partial charge is 0.493 e. The van der Waals surface area contributed by atoms with Crippen LogP contribution in [0.2, 0.25) is 0 Å². The van der Waals surface area contributed by atoms with Crippen LogP contribution >= 0.6 is 0 Å². The maximum atomic E-state index is 12.9. The van der Waals surface area contributed by atoms with Crippen LogP contribution in [-0.2, 0) is 48.4 Å². The molecule has 0 aliphatic rings. The molecule has 8 nitrogen and oxygen atoms in total. The number of carbonyl (C=O) groups is 3. The molecular weight excluding hydrogens is 548 g/mol. The van der Waals surface area contributed by atoms with Gasteiger partial charge in [0.05, 0.1) is 13.5 Å². The third-order valence-electron chi connectivity index (χ3n) is 6.18. The quantitative estimate of drug-likeness (QED) is 0.101. The molecule has 1 atom stereocenters. The Morgan fingerprint density at radius 2 is 1.23 bits per heavy atom. The summed E-state index contributed by atoms with van der Waals surface area (Å²) in [5.41, 5.74) is 3.17. The number of hydrogen-bond donors (Lipinski definition) is 0. The third kappa shape index (κ3) is 10.2. The first kappa shape index (κ1) is 30.6. The van der Waals surface area contributed by atoms with Crippen LogP contribution < -0.4 is 9.47 Å². The van der Waals surface area contributed by atoms with Crippen molar-refractivity contribution >= 4 is 24.0 Å². The summed E-state index contributed by atoms with van der Waals surface area (Å²) in [6.45, 7) is 0.349. The Kier molecular flexibility index (Phi) is 11.5. The van der Waals surface area contributed by atoms with E-state index in [1.807, 2.05) is 66.7 Å². The fourth-order valence-corrected chi connectivity index (χ4v) is 3.93. The molecule has 220 valence electrons. The SMILES string of the molecule is COc1cc(/C=C/C(=O)O[C@@H](CC(=O)OCc2ccccc2)C(=O)OCc2ccccc2)ccc1OCc1ccccc1. The third-order valence-corrected chi connectivity index (χ3v) is 6.18. The van der Waals surface area contributed by atoms with E-state index in [-0.39, 0.29) is 13.2 Å². The second kappa shape index (κ2) is 16.2. The van der Waals surface area contributed by atoms with Crippen molar-refractivity contribution in [2.24, 2.45) is 0 Å². The highest BCUT2D eigenvalue weighted by Gasteiger charge is 2.28. The minimum absolute atomic E-state index is 0.0200. The monoisotopic (exact) mass is 580 g/mol. The summed E-state index contributed by atoms with van der Waals surface area (Å²) < 4.78 is 27.3. The van der Waals surface area contributed by atoms with Crippen LogP contribution in [0.1, 0.15) is 28.7 Å². The summed E-state index contributed by atoms with van der Waals surface area (Å²) in [5, 5.41) is 0. The van der Waals surface area contributed by atoms with E-state index < -0.39 is 30.4 Å². The molecule has 0 bridgehead atoms. The summed E-state index contributed by atoms with van der Waals surface area (Å²) in [5.74, 6) is -1.38. The van der Waals surface area contributed by atoms with Crippen LogP contribution in [0.15, 0.2) is 115 Å². The Labute approximate surface area is 250 Å². The highest BCUT2D eigenvalue weighted by molar-refractivity contribution is 5.90. The molecule has 4 aromatic carbocycles. The zero-order chi connectivity index (χ0) is 30.3. The van der Waals surface area contributed by atoms with Crippen LogP contribution in [0.25, 0.3) is 6.08 Å². The van der Waals surface area contributed by atoms with Gasteiger partial charge in [0.25, 0.3) is 0 Å². The van der Waals surface area contributed by atoms with E-state index in [2.05, 4.69) is 0 Å².